The molecule has 1 fully saturated rings. The molecule has 1 saturated heterocycles. The first-order valence-electron chi connectivity index (χ1n) is 8.91. The monoisotopic (exact) mass is 374 g/mol. The van der Waals surface area contributed by atoms with Gasteiger partial charge in [0, 0.05) is 35.5 Å². The molecule has 4 N–H and O–H groups in total. The summed E-state index contributed by atoms with van der Waals surface area (Å²) >= 11 is 0. The molecule has 0 radical (unpaired) electrons. The maximum absolute atomic E-state index is 14.0. The number of nitrogens with one attached hydrogen (secondary N) is 1. The van der Waals surface area contributed by atoms with Gasteiger partial charge in [-0.15, -0.1) is 0 Å². The fraction of sp³-hybridized carbons (Fsp3) is 0.421. The van der Waals surface area contributed by atoms with Gasteiger partial charge in [-0.25, -0.2) is 14.2 Å². The van der Waals surface area contributed by atoms with Gasteiger partial charge in [0.1, 0.15) is 11.6 Å². The van der Waals surface area contributed by atoms with E-state index in [1.807, 2.05) is 11.0 Å². The summed E-state index contributed by atoms with van der Waals surface area (Å²) in [5.74, 6) is -0.197. The summed E-state index contributed by atoms with van der Waals surface area (Å²) in [7, 11) is 0. The van der Waals surface area contributed by atoms with Crippen LogP contribution in [0, 0.1) is 18.7 Å². The molecule has 0 spiro atoms. The lowest BCUT2D eigenvalue weighted by atomic mass is 9.95. The van der Waals surface area contributed by atoms with E-state index < -0.39 is 12.1 Å². The van der Waals surface area contributed by atoms with Gasteiger partial charge in [0.05, 0.1) is 11.6 Å². The number of carbonyl (C=O) groups excluding carboxylic acids is 1. The van der Waals surface area contributed by atoms with Crippen molar-refractivity contribution in [2.24, 2.45) is 11.7 Å². The number of aromatic nitrogens is 1. The second kappa shape index (κ2) is 7.38. The molecule has 0 bridgehead atoms. The van der Waals surface area contributed by atoms with Crippen LogP contribution in [0.4, 0.5) is 15.0 Å². The van der Waals surface area contributed by atoms with Crippen molar-refractivity contribution in [3.8, 4) is 0 Å². The van der Waals surface area contributed by atoms with Gasteiger partial charge in [-0.3, -0.25) is 4.79 Å². The number of anilines is 1. The minimum absolute atomic E-state index is 0.168. The van der Waals surface area contributed by atoms with Crippen LogP contribution >= 0.6 is 0 Å². The van der Waals surface area contributed by atoms with E-state index in [-0.39, 0.29) is 17.6 Å². The molecule has 2 aromatic rings. The van der Waals surface area contributed by atoms with Gasteiger partial charge in [0.15, 0.2) is 0 Å². The molecule has 1 aromatic heterocycles. The number of nitrogens with zero attached hydrogens (tertiary/aromatic N) is 2. The van der Waals surface area contributed by atoms with Crippen molar-refractivity contribution < 1.29 is 19.1 Å². The number of benzene rings is 1. The van der Waals surface area contributed by atoms with Crippen molar-refractivity contribution in [3.63, 3.8) is 0 Å². The SMILES string of the molecule is Cc1c(F)ccc2cc(C(C)NC(=O)O)c(N3CCC(C(N)=O)CC3)nc12. The standard InChI is InChI=1S/C19H23FN4O3/c1-10-15(20)4-3-13-9-14(11(2)22-19(26)27)18(23-16(10)13)24-7-5-12(6-8-24)17(21)25/h3-4,9,11-12,22H,5-8H2,1-2H3,(H2,21,25)(H,26,27). The Morgan fingerprint density at radius 2 is 2.04 bits per heavy atom. The minimum Gasteiger partial charge on any atom is -0.465 e. The van der Waals surface area contributed by atoms with Crippen LogP contribution in [0.15, 0.2) is 18.2 Å². The molecule has 8 heteroatoms. The number of amides is 2. The zero-order valence-corrected chi connectivity index (χ0v) is 15.3. The summed E-state index contributed by atoms with van der Waals surface area (Å²) in [5, 5.41) is 12.3. The highest BCUT2D eigenvalue weighted by atomic mass is 19.1. The van der Waals surface area contributed by atoms with E-state index in [1.54, 1.807) is 19.9 Å². The van der Waals surface area contributed by atoms with Crippen molar-refractivity contribution in [2.45, 2.75) is 32.7 Å². The molecular weight excluding hydrogens is 351 g/mol. The summed E-state index contributed by atoms with van der Waals surface area (Å²) in [6, 6.07) is 4.39. The number of hydrogen-bond donors (Lipinski definition) is 3. The van der Waals surface area contributed by atoms with Crippen LogP contribution in [-0.2, 0) is 4.79 Å². The van der Waals surface area contributed by atoms with Gasteiger partial charge in [0.25, 0.3) is 0 Å². The zero-order chi connectivity index (χ0) is 19.7. The zero-order valence-electron chi connectivity index (χ0n) is 15.3. The van der Waals surface area contributed by atoms with Crippen LogP contribution in [-0.4, -0.2) is 35.2 Å². The highest BCUT2D eigenvalue weighted by Gasteiger charge is 2.27. The molecule has 2 heterocycles. The smallest absolute Gasteiger partial charge is 0.405 e. The van der Waals surface area contributed by atoms with Gasteiger partial charge in [-0.05, 0) is 44.9 Å². The van der Waals surface area contributed by atoms with Crippen molar-refractivity contribution in [1.29, 1.82) is 0 Å². The predicted octanol–water partition coefficient (Wildman–Crippen LogP) is 2.71. The topological polar surface area (TPSA) is 109 Å². The number of rotatable bonds is 4. The highest BCUT2D eigenvalue weighted by molar-refractivity contribution is 5.85. The van der Waals surface area contributed by atoms with E-state index in [4.69, 9.17) is 15.8 Å². The lowest BCUT2D eigenvalue weighted by Gasteiger charge is -2.34. The third kappa shape index (κ3) is 3.79. The van der Waals surface area contributed by atoms with E-state index in [2.05, 4.69) is 5.32 Å². The van der Waals surface area contributed by atoms with E-state index in [0.29, 0.717) is 48.4 Å². The number of aryl methyl sites for hydroxylation is 1. The average Bonchev–Trinajstić information content (AvgIpc) is 2.63. The second-order valence-electron chi connectivity index (χ2n) is 6.98. The Hall–Kier alpha value is -2.90. The Morgan fingerprint density at radius 3 is 2.63 bits per heavy atom. The van der Waals surface area contributed by atoms with Crippen molar-refractivity contribution in [1.82, 2.24) is 10.3 Å². The Labute approximate surface area is 156 Å². The number of carbonyl (C=O) groups is 2. The van der Waals surface area contributed by atoms with Gasteiger partial charge in [0.2, 0.25) is 5.91 Å². The molecule has 7 nitrogen and oxygen atoms in total. The summed E-state index contributed by atoms with van der Waals surface area (Å²) in [5.41, 5.74) is 7.12. The number of hydrogen-bond acceptors (Lipinski definition) is 4. The summed E-state index contributed by atoms with van der Waals surface area (Å²) in [6.07, 6.45) is 0.0885. The average molecular weight is 374 g/mol. The Bertz CT molecular complexity index is 894. The first kappa shape index (κ1) is 18.9. The number of pyridine rings is 1. The molecule has 1 unspecified atom stereocenters. The van der Waals surface area contributed by atoms with Crippen LogP contribution in [0.1, 0.15) is 36.9 Å². The second-order valence-corrected chi connectivity index (χ2v) is 6.98. The number of fused-ring (bicyclic) bond motifs is 1. The molecule has 0 aliphatic carbocycles. The largest absolute Gasteiger partial charge is 0.465 e. The number of carboxylic acid groups (broad SMARTS) is 1. The molecule has 144 valence electrons. The van der Waals surface area contributed by atoms with Crippen molar-refractivity contribution in [2.75, 3.05) is 18.0 Å². The van der Waals surface area contributed by atoms with E-state index in [9.17, 15) is 14.0 Å². The molecular formula is C19H23FN4O3. The fourth-order valence-electron chi connectivity index (χ4n) is 3.57. The van der Waals surface area contributed by atoms with Crippen molar-refractivity contribution >= 4 is 28.7 Å². The third-order valence-electron chi connectivity index (χ3n) is 5.19. The summed E-state index contributed by atoms with van der Waals surface area (Å²) < 4.78 is 14.0. The fourth-order valence-corrected chi connectivity index (χ4v) is 3.57. The Kier molecular flexibility index (Phi) is 5.16. The lowest BCUT2D eigenvalue weighted by Crippen LogP contribution is -2.40. The number of halogens is 1. The van der Waals surface area contributed by atoms with Gasteiger partial charge in [-0.2, -0.15) is 0 Å². The van der Waals surface area contributed by atoms with Gasteiger partial charge < -0.3 is 21.1 Å². The van der Waals surface area contributed by atoms with Crippen LogP contribution in [0.25, 0.3) is 10.9 Å². The van der Waals surface area contributed by atoms with Gasteiger partial charge >= 0.3 is 6.09 Å². The van der Waals surface area contributed by atoms with Crippen LogP contribution in [0.5, 0.6) is 0 Å². The molecule has 2 amide bonds. The van der Waals surface area contributed by atoms with Gasteiger partial charge in [-0.1, -0.05) is 0 Å². The first-order valence-corrected chi connectivity index (χ1v) is 8.91. The third-order valence-corrected chi connectivity index (χ3v) is 5.19. The van der Waals surface area contributed by atoms with E-state index in [0.717, 1.165) is 5.39 Å². The maximum Gasteiger partial charge on any atom is 0.405 e. The Morgan fingerprint density at radius 1 is 1.37 bits per heavy atom. The lowest BCUT2D eigenvalue weighted by molar-refractivity contribution is -0.122. The highest BCUT2D eigenvalue weighted by Crippen LogP contribution is 2.32. The van der Waals surface area contributed by atoms with E-state index >= 15 is 0 Å². The number of nitrogens with two attached hydrogens (primary N) is 1. The predicted molar refractivity (Wildman–Crippen MR) is 100 cm³/mol. The summed E-state index contributed by atoms with van der Waals surface area (Å²) in [6.45, 7) is 4.57. The molecule has 1 atom stereocenters. The minimum atomic E-state index is -1.13. The molecule has 1 aliphatic rings. The maximum atomic E-state index is 14.0. The molecule has 3 rings (SSSR count). The molecule has 1 aliphatic heterocycles. The molecule has 27 heavy (non-hydrogen) atoms. The number of piperidine rings is 1. The van der Waals surface area contributed by atoms with E-state index in [1.165, 1.54) is 6.07 Å². The van der Waals surface area contributed by atoms with Crippen molar-refractivity contribution in [3.05, 3.63) is 35.1 Å². The van der Waals surface area contributed by atoms with Crippen LogP contribution < -0.4 is 16.0 Å². The van der Waals surface area contributed by atoms with Crippen LogP contribution in [0.3, 0.4) is 0 Å². The number of primary amides is 1. The molecule has 1 aromatic carbocycles. The normalized spacial score (nSPS) is 16.3. The van der Waals surface area contributed by atoms with Crippen LogP contribution in [0.2, 0.25) is 0 Å². The quantitative estimate of drug-likeness (QED) is 0.762. The Balaban J connectivity index is 2.06. The first-order chi connectivity index (χ1) is 12.8. The summed E-state index contributed by atoms with van der Waals surface area (Å²) in [4.78, 5) is 29.2. The molecule has 0 saturated carbocycles.